The summed E-state index contributed by atoms with van der Waals surface area (Å²) in [4.78, 5) is 19.9. The lowest BCUT2D eigenvalue weighted by atomic mass is 10.1. The van der Waals surface area contributed by atoms with Crippen LogP contribution in [0.5, 0.6) is 0 Å². The third kappa shape index (κ3) is 3.41. The minimum Gasteiger partial charge on any atom is -0.329 e. The van der Waals surface area contributed by atoms with Gasteiger partial charge in [0.05, 0.1) is 6.54 Å². The molecule has 8 heteroatoms. The summed E-state index contributed by atoms with van der Waals surface area (Å²) in [7, 11) is 0. The summed E-state index contributed by atoms with van der Waals surface area (Å²) >= 11 is 1.14. The molecule has 0 aliphatic carbocycles. The zero-order chi connectivity index (χ0) is 18.0. The fourth-order valence-electron chi connectivity index (χ4n) is 2.52. The van der Waals surface area contributed by atoms with Gasteiger partial charge in [0, 0.05) is 24.2 Å². The lowest BCUT2D eigenvalue weighted by Gasteiger charge is -2.35. The molecule has 7 nitrogen and oxygen atoms in total. The molecule has 0 unspecified atom stereocenters. The van der Waals surface area contributed by atoms with E-state index in [-0.39, 0.29) is 24.1 Å². The second-order valence-corrected chi connectivity index (χ2v) is 6.29. The Balaban J connectivity index is 1.68. The number of hydrogen-bond acceptors (Lipinski definition) is 6. The highest BCUT2D eigenvalue weighted by Crippen LogP contribution is 2.14. The molecule has 1 saturated heterocycles. The first kappa shape index (κ1) is 16.8. The molecule has 2 aromatic rings. The number of amidine groups is 2. The molecule has 0 bridgehead atoms. The number of rotatable bonds is 2. The number of carbonyl (C=O) groups is 1. The van der Waals surface area contributed by atoms with Gasteiger partial charge in [0.15, 0.2) is 10.8 Å². The topological polar surface area (TPSA) is 97.0 Å². The third-order valence-electron chi connectivity index (χ3n) is 3.85. The van der Waals surface area contributed by atoms with Gasteiger partial charge in [-0.1, -0.05) is 5.92 Å². The lowest BCUT2D eigenvalue weighted by Crippen LogP contribution is -2.53. The Labute approximate surface area is 149 Å². The molecule has 1 amide bonds. The number of nitrogens with one attached hydrogen (secondary N) is 2. The number of piperazine rings is 1. The highest BCUT2D eigenvalue weighted by Gasteiger charge is 2.29. The second-order valence-electron chi connectivity index (χ2n) is 5.54. The first-order valence-electron chi connectivity index (χ1n) is 7.59. The Bertz CT molecular complexity index is 879. The molecule has 2 heterocycles. The Morgan fingerprint density at radius 3 is 2.60 bits per heavy atom. The summed E-state index contributed by atoms with van der Waals surface area (Å²) in [5, 5.41) is 16.9. The quantitative estimate of drug-likeness (QED) is 0.487. The van der Waals surface area contributed by atoms with E-state index in [2.05, 4.69) is 15.3 Å². The average molecular weight is 352 g/mol. The molecule has 0 atom stereocenters. The van der Waals surface area contributed by atoms with Crippen molar-refractivity contribution in [3.63, 3.8) is 0 Å². The van der Waals surface area contributed by atoms with Crippen LogP contribution in [0.3, 0.4) is 0 Å². The zero-order valence-electron chi connectivity index (χ0n) is 13.6. The number of aryl methyl sites for hydroxylation is 1. The van der Waals surface area contributed by atoms with Gasteiger partial charge in [0.25, 0.3) is 5.91 Å². The predicted molar refractivity (Wildman–Crippen MR) is 96.2 cm³/mol. The fraction of sp³-hybridized carbons (Fsp3) is 0.235. The first-order valence-corrected chi connectivity index (χ1v) is 8.37. The van der Waals surface area contributed by atoms with Gasteiger partial charge in [-0.15, -0.1) is 6.42 Å². The summed E-state index contributed by atoms with van der Waals surface area (Å²) in [6, 6.07) is 6.84. The maximum absolute atomic E-state index is 12.6. The molecule has 2 N–H and O–H groups in total. The Kier molecular flexibility index (Phi) is 4.59. The Hall–Kier alpha value is -3.05. The minimum atomic E-state index is -0.147. The van der Waals surface area contributed by atoms with Gasteiger partial charge in [0.2, 0.25) is 0 Å². The van der Waals surface area contributed by atoms with Gasteiger partial charge in [-0.05, 0) is 42.7 Å². The lowest BCUT2D eigenvalue weighted by molar-refractivity contribution is 0.0757. The molecule has 1 aliphatic rings. The van der Waals surface area contributed by atoms with Crippen LogP contribution >= 0.6 is 11.5 Å². The Morgan fingerprint density at radius 1 is 1.32 bits per heavy atom. The minimum absolute atomic E-state index is 0.147. The Morgan fingerprint density at radius 2 is 2.04 bits per heavy atom. The first-order chi connectivity index (χ1) is 12.0. The van der Waals surface area contributed by atoms with Gasteiger partial charge in [-0.3, -0.25) is 15.6 Å². The van der Waals surface area contributed by atoms with Crippen molar-refractivity contribution < 1.29 is 4.79 Å². The largest absolute Gasteiger partial charge is 0.329 e. The number of aromatic nitrogens is 2. The van der Waals surface area contributed by atoms with E-state index in [1.165, 1.54) is 0 Å². The smallest absolute Gasteiger partial charge is 0.254 e. The van der Waals surface area contributed by atoms with E-state index in [4.69, 9.17) is 17.2 Å². The van der Waals surface area contributed by atoms with Gasteiger partial charge in [-0.2, -0.15) is 4.37 Å². The van der Waals surface area contributed by atoms with Crippen LogP contribution in [-0.2, 0) is 0 Å². The number of terminal acetylenes is 1. The maximum atomic E-state index is 12.6. The summed E-state index contributed by atoms with van der Waals surface area (Å²) < 4.78 is 4.07. The molecule has 0 radical (unpaired) electrons. The van der Waals surface area contributed by atoms with E-state index in [0.29, 0.717) is 29.5 Å². The molecule has 1 aromatic carbocycles. The van der Waals surface area contributed by atoms with Crippen LogP contribution < -0.4 is 0 Å². The normalized spacial score (nSPS) is 14.3. The SMILES string of the molecule is C#Cc1ccc(C(=O)N2CCN(C(=N)c3nc(C)ns3)C(=N)C2)cc1. The van der Waals surface area contributed by atoms with Crippen molar-refractivity contribution in [3.8, 4) is 12.3 Å². The predicted octanol–water partition coefficient (Wildman–Crippen LogP) is 1.59. The standard InChI is InChI=1S/C17H16N6OS/c1-3-12-4-6-13(7-5-12)17(24)22-8-9-23(14(18)10-22)15(19)16-20-11(2)21-25-16/h1,4-7,18-19H,8-10H2,2H3. The molecule has 0 saturated carbocycles. The van der Waals surface area contributed by atoms with E-state index in [1.54, 1.807) is 41.0 Å². The molecule has 1 aliphatic heterocycles. The number of amides is 1. The molecule has 126 valence electrons. The highest BCUT2D eigenvalue weighted by atomic mass is 32.1. The summed E-state index contributed by atoms with van der Waals surface area (Å²) in [5.74, 6) is 3.33. The van der Waals surface area contributed by atoms with Crippen LogP contribution in [0, 0.1) is 30.1 Å². The summed E-state index contributed by atoms with van der Waals surface area (Å²) in [6.45, 7) is 2.72. The number of hydrogen-bond donors (Lipinski definition) is 2. The third-order valence-corrected chi connectivity index (χ3v) is 4.66. The van der Waals surface area contributed by atoms with Crippen molar-refractivity contribution >= 4 is 29.1 Å². The maximum Gasteiger partial charge on any atom is 0.254 e. The van der Waals surface area contributed by atoms with Gasteiger partial charge in [-0.25, -0.2) is 4.98 Å². The highest BCUT2D eigenvalue weighted by molar-refractivity contribution is 7.07. The van der Waals surface area contributed by atoms with E-state index in [9.17, 15) is 4.79 Å². The van der Waals surface area contributed by atoms with Gasteiger partial charge < -0.3 is 9.80 Å². The summed E-state index contributed by atoms with van der Waals surface area (Å²) in [6.07, 6.45) is 5.32. The van der Waals surface area contributed by atoms with Crippen molar-refractivity contribution in [1.29, 1.82) is 10.8 Å². The fourth-order valence-corrected chi connectivity index (χ4v) is 3.15. The van der Waals surface area contributed by atoms with Gasteiger partial charge in [0.1, 0.15) is 11.7 Å². The van der Waals surface area contributed by atoms with Crippen molar-refractivity contribution in [2.75, 3.05) is 19.6 Å². The zero-order valence-corrected chi connectivity index (χ0v) is 14.4. The number of nitrogens with zero attached hydrogens (tertiary/aromatic N) is 4. The van der Waals surface area contributed by atoms with Gasteiger partial charge >= 0.3 is 0 Å². The van der Waals surface area contributed by atoms with Crippen LogP contribution in [-0.4, -0.2) is 56.4 Å². The van der Waals surface area contributed by atoms with E-state index in [0.717, 1.165) is 17.1 Å². The number of carbonyl (C=O) groups excluding carboxylic acids is 1. The number of benzene rings is 1. The van der Waals surface area contributed by atoms with Crippen molar-refractivity contribution in [3.05, 3.63) is 46.2 Å². The summed E-state index contributed by atoms with van der Waals surface area (Å²) in [5.41, 5.74) is 1.25. The van der Waals surface area contributed by atoms with Crippen LogP contribution in [0.15, 0.2) is 24.3 Å². The van der Waals surface area contributed by atoms with Crippen molar-refractivity contribution in [2.45, 2.75) is 6.92 Å². The molecular weight excluding hydrogens is 336 g/mol. The van der Waals surface area contributed by atoms with Crippen LogP contribution in [0.2, 0.25) is 0 Å². The van der Waals surface area contributed by atoms with Crippen LogP contribution in [0.4, 0.5) is 0 Å². The van der Waals surface area contributed by atoms with E-state index < -0.39 is 0 Å². The average Bonchev–Trinajstić information content (AvgIpc) is 3.07. The van der Waals surface area contributed by atoms with Crippen molar-refractivity contribution in [2.24, 2.45) is 0 Å². The van der Waals surface area contributed by atoms with Crippen LogP contribution in [0.25, 0.3) is 0 Å². The second kappa shape index (κ2) is 6.83. The molecule has 25 heavy (non-hydrogen) atoms. The molecule has 3 rings (SSSR count). The van der Waals surface area contributed by atoms with Crippen molar-refractivity contribution in [1.82, 2.24) is 19.2 Å². The molecule has 1 fully saturated rings. The molecule has 1 aromatic heterocycles. The van der Waals surface area contributed by atoms with E-state index >= 15 is 0 Å². The van der Waals surface area contributed by atoms with Crippen LogP contribution in [0.1, 0.15) is 26.8 Å². The molecule has 0 spiro atoms. The van der Waals surface area contributed by atoms with E-state index in [1.807, 2.05) is 0 Å². The monoisotopic (exact) mass is 352 g/mol. The molecular formula is C17H16N6OS.